The second-order valence-electron chi connectivity index (χ2n) is 9.14. The van der Waals surface area contributed by atoms with Gasteiger partial charge in [-0.1, -0.05) is 42.0 Å². The van der Waals surface area contributed by atoms with Gasteiger partial charge in [-0.25, -0.2) is 4.79 Å². The Kier molecular flexibility index (Phi) is 6.42. The first-order valence-electron chi connectivity index (χ1n) is 12.0. The zero-order valence-corrected chi connectivity index (χ0v) is 21.2. The van der Waals surface area contributed by atoms with Gasteiger partial charge in [0.1, 0.15) is 17.4 Å². The quantitative estimate of drug-likeness (QED) is 0.451. The summed E-state index contributed by atoms with van der Waals surface area (Å²) in [4.78, 5) is 24.5. The zero-order chi connectivity index (χ0) is 26.9. The molecular weight excluding hydrogens is 486 g/mol. The van der Waals surface area contributed by atoms with Crippen LogP contribution in [0.25, 0.3) is 0 Å². The number of cyclic esters (lactones) is 1. The van der Waals surface area contributed by atoms with Gasteiger partial charge in [-0.3, -0.25) is 4.79 Å². The van der Waals surface area contributed by atoms with Crippen molar-refractivity contribution in [2.45, 2.75) is 25.0 Å². The maximum absolute atomic E-state index is 12.9. The van der Waals surface area contributed by atoms with Crippen LogP contribution in [0.3, 0.4) is 0 Å². The van der Waals surface area contributed by atoms with E-state index in [9.17, 15) is 14.7 Å². The fourth-order valence-electron chi connectivity index (χ4n) is 4.98. The van der Waals surface area contributed by atoms with Crippen LogP contribution in [0, 0.1) is 6.92 Å². The molecule has 3 aromatic carbocycles. The summed E-state index contributed by atoms with van der Waals surface area (Å²) in [6, 6.07) is 21.5. The molecule has 2 unspecified atom stereocenters. The summed E-state index contributed by atoms with van der Waals surface area (Å²) in [7, 11) is 1.54. The summed E-state index contributed by atoms with van der Waals surface area (Å²) in [5, 5.41) is 14.9. The van der Waals surface area contributed by atoms with E-state index >= 15 is 0 Å². The Hall–Kier alpha value is -4.56. The van der Waals surface area contributed by atoms with Gasteiger partial charge in [0.15, 0.2) is 5.76 Å². The first-order chi connectivity index (χ1) is 18.3. The standard InChI is InChI=1S/C30H27NO7/c1-19-4-6-21(7-5-19)29(27-17-36-18-37-27,22-8-12-24(13-9-22)31-20(2)32)26-16-28(33)38-30(26,34)23-10-14-25(35-3)15-11-23/h4-17,34H,18H2,1-3H3,(H,31,32). The number of rotatable bonds is 7. The molecule has 0 fully saturated rings. The Morgan fingerprint density at radius 2 is 1.63 bits per heavy atom. The number of aryl methyl sites for hydroxylation is 1. The average Bonchev–Trinajstić information content (AvgIpc) is 3.55. The number of carbonyl (C=O) groups excluding carboxylic acids is 2. The highest BCUT2D eigenvalue weighted by Gasteiger charge is 2.58. The molecule has 0 bridgehead atoms. The number of methoxy groups -OCH3 is 1. The second kappa shape index (κ2) is 9.72. The molecule has 1 amide bonds. The van der Waals surface area contributed by atoms with E-state index in [1.807, 2.05) is 43.3 Å². The van der Waals surface area contributed by atoms with Crippen molar-refractivity contribution in [3.63, 3.8) is 0 Å². The number of allylic oxidation sites excluding steroid dienone is 1. The van der Waals surface area contributed by atoms with E-state index in [2.05, 4.69) is 5.32 Å². The minimum atomic E-state index is -2.14. The molecule has 0 saturated carbocycles. The largest absolute Gasteiger partial charge is 0.497 e. The molecule has 2 aliphatic rings. The van der Waals surface area contributed by atoms with E-state index in [1.54, 1.807) is 43.5 Å². The highest BCUT2D eigenvalue weighted by Crippen LogP contribution is 2.55. The van der Waals surface area contributed by atoms with Crippen LogP contribution in [0.2, 0.25) is 0 Å². The fraction of sp³-hybridized carbons (Fsp3) is 0.200. The maximum atomic E-state index is 12.9. The summed E-state index contributed by atoms with van der Waals surface area (Å²) < 4.78 is 22.4. The molecule has 5 rings (SSSR count). The lowest BCUT2D eigenvalue weighted by atomic mass is 9.64. The topological polar surface area (TPSA) is 103 Å². The molecule has 0 radical (unpaired) electrons. The Morgan fingerprint density at radius 1 is 1.00 bits per heavy atom. The van der Waals surface area contributed by atoms with Gasteiger partial charge in [0.2, 0.25) is 12.7 Å². The van der Waals surface area contributed by atoms with E-state index in [4.69, 9.17) is 18.9 Å². The van der Waals surface area contributed by atoms with E-state index in [0.717, 1.165) is 5.56 Å². The number of benzene rings is 3. The van der Waals surface area contributed by atoms with Crippen molar-refractivity contribution in [1.29, 1.82) is 0 Å². The number of carbonyl (C=O) groups is 2. The van der Waals surface area contributed by atoms with Gasteiger partial charge in [0.25, 0.3) is 5.79 Å². The summed E-state index contributed by atoms with van der Waals surface area (Å²) in [5.41, 5.74) is 2.22. The molecule has 2 atom stereocenters. The number of anilines is 1. The monoisotopic (exact) mass is 513 g/mol. The van der Waals surface area contributed by atoms with Crippen LogP contribution < -0.4 is 10.1 Å². The highest BCUT2D eigenvalue weighted by molar-refractivity contribution is 5.90. The summed E-state index contributed by atoms with van der Waals surface area (Å²) in [5.74, 6) is -2.10. The Morgan fingerprint density at radius 3 is 2.18 bits per heavy atom. The minimum absolute atomic E-state index is 0.0318. The summed E-state index contributed by atoms with van der Waals surface area (Å²) >= 11 is 0. The SMILES string of the molecule is COc1ccc(C2(O)OC(=O)C=C2C(C2=COCO2)(c2ccc(C)cc2)c2ccc(NC(C)=O)cc2)cc1. The zero-order valence-electron chi connectivity index (χ0n) is 21.2. The number of hydrogen-bond acceptors (Lipinski definition) is 7. The van der Waals surface area contributed by atoms with Crippen molar-refractivity contribution in [2.24, 2.45) is 0 Å². The molecule has 8 heteroatoms. The normalized spacial score (nSPS) is 19.8. The lowest BCUT2D eigenvalue weighted by Gasteiger charge is -2.41. The number of nitrogens with one attached hydrogen (secondary N) is 1. The predicted molar refractivity (Wildman–Crippen MR) is 139 cm³/mol. The molecule has 8 nitrogen and oxygen atoms in total. The second-order valence-corrected chi connectivity index (χ2v) is 9.14. The van der Waals surface area contributed by atoms with Crippen LogP contribution >= 0.6 is 0 Å². The fourth-order valence-corrected chi connectivity index (χ4v) is 4.98. The minimum Gasteiger partial charge on any atom is -0.497 e. The molecule has 2 aliphatic heterocycles. The smallest absolute Gasteiger partial charge is 0.334 e. The number of ether oxygens (including phenoxy) is 4. The molecule has 0 saturated heterocycles. The molecule has 38 heavy (non-hydrogen) atoms. The van der Waals surface area contributed by atoms with Gasteiger partial charge in [-0.05, 0) is 54.4 Å². The summed E-state index contributed by atoms with van der Waals surface area (Å²) in [6.45, 7) is 3.37. The van der Waals surface area contributed by atoms with Gasteiger partial charge in [-0.2, -0.15) is 0 Å². The van der Waals surface area contributed by atoms with Crippen LogP contribution in [-0.2, 0) is 35.0 Å². The van der Waals surface area contributed by atoms with Crippen molar-refractivity contribution < 1.29 is 33.6 Å². The van der Waals surface area contributed by atoms with Crippen LogP contribution in [0.4, 0.5) is 5.69 Å². The van der Waals surface area contributed by atoms with E-state index < -0.39 is 17.2 Å². The number of esters is 1. The third kappa shape index (κ3) is 4.18. The third-order valence-corrected chi connectivity index (χ3v) is 6.73. The molecule has 0 aromatic heterocycles. The van der Waals surface area contributed by atoms with Crippen molar-refractivity contribution in [2.75, 3.05) is 19.2 Å². The van der Waals surface area contributed by atoms with Gasteiger partial charge >= 0.3 is 5.97 Å². The van der Waals surface area contributed by atoms with Crippen LogP contribution in [0.1, 0.15) is 29.2 Å². The first kappa shape index (κ1) is 25.1. The van der Waals surface area contributed by atoms with Crippen LogP contribution in [0.5, 0.6) is 5.75 Å². The Labute approximate surface area is 220 Å². The lowest BCUT2D eigenvalue weighted by molar-refractivity contribution is -0.187. The maximum Gasteiger partial charge on any atom is 0.334 e. The van der Waals surface area contributed by atoms with Crippen molar-refractivity contribution in [3.8, 4) is 5.75 Å². The predicted octanol–water partition coefficient (Wildman–Crippen LogP) is 4.42. The first-order valence-corrected chi connectivity index (χ1v) is 12.0. The molecule has 194 valence electrons. The van der Waals surface area contributed by atoms with Gasteiger partial charge in [0.05, 0.1) is 7.11 Å². The number of amides is 1. The summed E-state index contributed by atoms with van der Waals surface area (Å²) in [6.07, 6.45) is 2.79. The van der Waals surface area contributed by atoms with Gasteiger partial charge in [-0.15, -0.1) is 0 Å². The highest BCUT2D eigenvalue weighted by atomic mass is 16.7. The Bertz CT molecular complexity index is 1420. The van der Waals surface area contributed by atoms with Crippen molar-refractivity contribution in [3.05, 3.63) is 119 Å². The van der Waals surface area contributed by atoms with E-state index in [1.165, 1.54) is 19.3 Å². The van der Waals surface area contributed by atoms with Gasteiger partial charge < -0.3 is 29.4 Å². The number of hydrogen-bond donors (Lipinski definition) is 2. The van der Waals surface area contributed by atoms with Crippen LogP contribution in [-0.4, -0.2) is 30.9 Å². The van der Waals surface area contributed by atoms with Gasteiger partial charge in [0, 0.05) is 29.8 Å². The van der Waals surface area contributed by atoms with E-state index in [0.29, 0.717) is 33.9 Å². The molecule has 2 N–H and O–H groups in total. The van der Waals surface area contributed by atoms with Crippen LogP contribution in [0.15, 0.2) is 96.5 Å². The van der Waals surface area contributed by atoms with E-state index in [-0.39, 0.29) is 18.3 Å². The molecule has 0 spiro atoms. The molecule has 3 aromatic rings. The van der Waals surface area contributed by atoms with Crippen molar-refractivity contribution in [1.82, 2.24) is 0 Å². The molecule has 2 heterocycles. The van der Waals surface area contributed by atoms with Crippen molar-refractivity contribution >= 4 is 17.6 Å². The molecular formula is C30H27NO7. The lowest BCUT2D eigenvalue weighted by Crippen LogP contribution is -2.43. The Balaban J connectivity index is 1.80. The molecule has 0 aliphatic carbocycles. The third-order valence-electron chi connectivity index (χ3n) is 6.73. The average molecular weight is 514 g/mol. The number of aliphatic hydroxyl groups is 1.